The molecule has 0 fully saturated rings. The number of carbonyl (C=O) groups excluding carboxylic acids is 4. The van der Waals surface area contributed by atoms with Crippen LogP contribution in [0.25, 0.3) is 11.1 Å². The van der Waals surface area contributed by atoms with Crippen molar-refractivity contribution in [2.24, 2.45) is 0 Å². The predicted octanol–water partition coefficient (Wildman–Crippen LogP) is 7.66. The fraction of sp³-hybridized carbons (Fsp3) is 0.122. The molecule has 0 saturated carbocycles. The highest BCUT2D eigenvalue weighted by molar-refractivity contribution is 6.34. The van der Waals surface area contributed by atoms with Gasteiger partial charge < -0.3 is 18.9 Å². The summed E-state index contributed by atoms with van der Waals surface area (Å²) in [5.74, 6) is -1.35. The Morgan fingerprint density at radius 1 is 0.804 bits per heavy atom. The molecule has 1 amide bonds. The van der Waals surface area contributed by atoms with Crippen molar-refractivity contribution in [1.29, 1.82) is 0 Å². The predicted molar refractivity (Wildman–Crippen MR) is 191 cm³/mol. The number of fused-ring (bicyclic) bond motifs is 3. The summed E-state index contributed by atoms with van der Waals surface area (Å²) in [6.07, 6.45) is 0.954. The molecule has 1 N–H and O–H groups in total. The van der Waals surface area contributed by atoms with Crippen LogP contribution in [0.1, 0.15) is 48.5 Å². The van der Waals surface area contributed by atoms with E-state index >= 15 is 0 Å². The van der Waals surface area contributed by atoms with Gasteiger partial charge in [-0.15, -0.1) is 0 Å². The van der Waals surface area contributed by atoms with Crippen molar-refractivity contribution in [2.75, 3.05) is 20.3 Å². The van der Waals surface area contributed by atoms with Gasteiger partial charge in [-0.25, -0.2) is 14.4 Å². The monoisotopic (exact) mass is 701 g/mol. The van der Waals surface area contributed by atoms with Gasteiger partial charge >= 0.3 is 18.0 Å². The highest BCUT2D eigenvalue weighted by atomic mass is 35.5. The molecule has 10 heteroatoms. The normalized spacial score (nSPS) is 12.4. The largest absolute Gasteiger partial charge is 0.482 e. The van der Waals surface area contributed by atoms with Crippen molar-refractivity contribution >= 4 is 35.4 Å². The molecule has 1 aliphatic carbocycles. The van der Waals surface area contributed by atoms with Crippen molar-refractivity contribution < 1.29 is 38.1 Å². The summed E-state index contributed by atoms with van der Waals surface area (Å²) < 4.78 is 22.0. The zero-order valence-electron chi connectivity index (χ0n) is 27.5. The average Bonchev–Trinajstić information content (AvgIpc) is 3.56. The molecule has 0 aromatic heterocycles. The molecule has 0 heterocycles. The van der Waals surface area contributed by atoms with Crippen molar-refractivity contribution in [3.05, 3.63) is 172 Å². The molecular formula is C41H32ClNO8. The van der Waals surface area contributed by atoms with E-state index in [4.69, 9.17) is 30.5 Å². The molecule has 5 aromatic carbocycles. The van der Waals surface area contributed by atoms with Gasteiger partial charge in [0.15, 0.2) is 12.4 Å². The number of hydrogen-bond acceptors (Lipinski definition) is 8. The van der Waals surface area contributed by atoms with Crippen molar-refractivity contribution in [2.45, 2.75) is 12.1 Å². The van der Waals surface area contributed by atoms with Crippen LogP contribution in [-0.2, 0) is 31.2 Å². The lowest BCUT2D eigenvalue weighted by molar-refractivity contribution is -0.144. The first kappa shape index (κ1) is 34.7. The van der Waals surface area contributed by atoms with Crippen LogP contribution in [0.2, 0.25) is 5.02 Å². The Morgan fingerprint density at radius 2 is 1.49 bits per heavy atom. The van der Waals surface area contributed by atoms with Crippen LogP contribution >= 0.6 is 11.6 Å². The van der Waals surface area contributed by atoms with Crippen LogP contribution in [0.15, 0.2) is 128 Å². The van der Waals surface area contributed by atoms with E-state index in [1.54, 1.807) is 97.1 Å². The van der Waals surface area contributed by atoms with Gasteiger partial charge in [0.1, 0.15) is 12.4 Å². The molecular weight excluding hydrogens is 670 g/mol. The lowest BCUT2D eigenvalue weighted by Crippen LogP contribution is -2.50. The van der Waals surface area contributed by atoms with E-state index in [1.165, 1.54) is 13.2 Å². The number of halogens is 1. The quantitative estimate of drug-likeness (QED) is 0.0455. The molecule has 1 unspecified atom stereocenters. The number of alkyl carbamates (subject to hydrolysis) is 1. The SMILES string of the molecule is C=CCOC(=O)COc1ccc(C(NC(=O)OC)(OC(=O)c2ccccc2)c2cc3c(c(C(=O)c4ccccc4)c2)-c2c(Cl)cccc2C3)cc1. The highest BCUT2D eigenvalue weighted by Gasteiger charge is 2.43. The van der Waals surface area contributed by atoms with E-state index in [1.807, 2.05) is 18.2 Å². The average molecular weight is 702 g/mol. The standard InChI is InChI=1S/C41H32ClNO8/c1-3-21-49-35(44)25-50-32-19-17-30(18-20-32)41(43-40(47)48-2,51-39(46)27-13-8-5-9-14-27)31-23-29-22-28-15-10-16-34(42)37(28)36(29)33(24-31)38(45)26-11-6-4-7-12-26/h3-20,23-24H,1,21-22,25H2,2H3,(H,43,47). The third kappa shape index (κ3) is 7.25. The Labute approximate surface area is 299 Å². The Hall–Kier alpha value is -6.19. The minimum absolute atomic E-state index is 0.0441. The van der Waals surface area contributed by atoms with Gasteiger partial charge in [0, 0.05) is 32.8 Å². The number of esters is 2. The topological polar surface area (TPSA) is 117 Å². The Morgan fingerprint density at radius 3 is 2.16 bits per heavy atom. The van der Waals surface area contributed by atoms with Gasteiger partial charge in [0.25, 0.3) is 0 Å². The third-order valence-electron chi connectivity index (χ3n) is 8.34. The second-order valence-electron chi connectivity index (χ2n) is 11.5. The molecule has 256 valence electrons. The van der Waals surface area contributed by atoms with E-state index < -0.39 is 23.8 Å². The number of benzene rings is 5. The zero-order valence-corrected chi connectivity index (χ0v) is 28.3. The molecule has 0 bridgehead atoms. The van der Waals surface area contributed by atoms with Crippen molar-refractivity contribution in [3.8, 4) is 16.9 Å². The summed E-state index contributed by atoms with van der Waals surface area (Å²) in [4.78, 5) is 53.6. The van der Waals surface area contributed by atoms with Gasteiger partial charge in [-0.05, 0) is 77.7 Å². The van der Waals surface area contributed by atoms with Crippen molar-refractivity contribution in [3.63, 3.8) is 0 Å². The van der Waals surface area contributed by atoms with E-state index in [2.05, 4.69) is 11.9 Å². The van der Waals surface area contributed by atoms with Gasteiger partial charge in [0.2, 0.25) is 5.72 Å². The number of rotatable bonds is 12. The maximum Gasteiger partial charge on any atom is 0.410 e. The molecule has 6 rings (SSSR count). The summed E-state index contributed by atoms with van der Waals surface area (Å²) >= 11 is 6.76. The van der Waals surface area contributed by atoms with E-state index in [-0.39, 0.29) is 35.7 Å². The van der Waals surface area contributed by atoms with Crippen molar-refractivity contribution in [1.82, 2.24) is 5.32 Å². The third-order valence-corrected chi connectivity index (χ3v) is 8.65. The Bertz CT molecular complexity index is 2120. The van der Waals surface area contributed by atoms with Crippen LogP contribution in [0.3, 0.4) is 0 Å². The number of amides is 1. The molecule has 5 aromatic rings. The maximum absolute atomic E-state index is 14.4. The molecule has 51 heavy (non-hydrogen) atoms. The minimum atomic E-state index is -2.04. The maximum atomic E-state index is 14.4. The van der Waals surface area contributed by atoms with Crippen LogP contribution in [0.4, 0.5) is 4.79 Å². The van der Waals surface area contributed by atoms with Crippen LogP contribution in [0.5, 0.6) is 5.75 Å². The summed E-state index contributed by atoms with van der Waals surface area (Å²) in [6, 6.07) is 32.3. The fourth-order valence-electron chi connectivity index (χ4n) is 6.01. The van der Waals surface area contributed by atoms with Crippen LogP contribution in [0, 0.1) is 0 Å². The number of hydrogen-bond donors (Lipinski definition) is 1. The lowest BCUT2D eigenvalue weighted by Gasteiger charge is -2.35. The Kier molecular flexibility index (Phi) is 10.3. The van der Waals surface area contributed by atoms with Gasteiger partial charge in [-0.3, -0.25) is 10.1 Å². The zero-order chi connectivity index (χ0) is 36.0. The second-order valence-corrected chi connectivity index (χ2v) is 11.9. The minimum Gasteiger partial charge on any atom is -0.482 e. The Balaban J connectivity index is 1.55. The number of methoxy groups -OCH3 is 1. The lowest BCUT2D eigenvalue weighted by atomic mass is 9.86. The molecule has 0 radical (unpaired) electrons. The smallest absolute Gasteiger partial charge is 0.410 e. The first-order valence-corrected chi connectivity index (χ1v) is 16.3. The first-order valence-electron chi connectivity index (χ1n) is 15.9. The fourth-order valence-corrected chi connectivity index (χ4v) is 6.30. The molecule has 1 atom stereocenters. The summed E-state index contributed by atoms with van der Waals surface area (Å²) in [5.41, 5.74) is 2.49. The first-order chi connectivity index (χ1) is 24.7. The molecule has 0 aliphatic heterocycles. The molecule has 1 aliphatic rings. The van der Waals surface area contributed by atoms with E-state index in [9.17, 15) is 19.2 Å². The van der Waals surface area contributed by atoms with Gasteiger partial charge in [-0.1, -0.05) is 84.9 Å². The van der Waals surface area contributed by atoms with Gasteiger partial charge in [0.05, 0.1) is 12.7 Å². The van der Waals surface area contributed by atoms with Gasteiger partial charge in [-0.2, -0.15) is 0 Å². The molecule has 9 nitrogen and oxygen atoms in total. The summed E-state index contributed by atoms with van der Waals surface area (Å²) in [6.45, 7) is 3.20. The van der Waals surface area contributed by atoms with Crippen LogP contribution < -0.4 is 10.1 Å². The van der Waals surface area contributed by atoms with E-state index in [0.29, 0.717) is 33.9 Å². The number of carbonyl (C=O) groups is 4. The molecule has 0 spiro atoms. The van der Waals surface area contributed by atoms with Crippen LogP contribution in [-0.4, -0.2) is 44.1 Å². The molecule has 0 saturated heterocycles. The van der Waals surface area contributed by atoms with E-state index in [0.717, 1.165) is 16.7 Å². The number of ether oxygens (including phenoxy) is 4. The second kappa shape index (κ2) is 15.1. The summed E-state index contributed by atoms with van der Waals surface area (Å²) in [5, 5.41) is 3.26. The highest BCUT2D eigenvalue weighted by Crippen LogP contribution is 2.46. The summed E-state index contributed by atoms with van der Waals surface area (Å²) in [7, 11) is 1.19. The number of ketones is 1. The number of nitrogens with one attached hydrogen (secondary N) is 1.